The van der Waals surface area contributed by atoms with E-state index in [4.69, 9.17) is 5.73 Å². The zero-order chi connectivity index (χ0) is 15.9. The quantitative estimate of drug-likeness (QED) is 0.683. The van der Waals surface area contributed by atoms with E-state index in [9.17, 15) is 4.79 Å². The Kier molecular flexibility index (Phi) is 3.28. The molecule has 0 spiro atoms. The van der Waals surface area contributed by atoms with Gasteiger partial charge in [-0.2, -0.15) is 5.10 Å². The van der Waals surface area contributed by atoms with Gasteiger partial charge in [-0.05, 0) is 20.8 Å². The first-order valence-corrected chi connectivity index (χ1v) is 6.91. The second-order valence-corrected chi connectivity index (χ2v) is 5.39. The molecule has 8 nitrogen and oxygen atoms in total. The lowest BCUT2D eigenvalue weighted by Gasteiger charge is -2.07. The molecule has 114 valence electrons. The number of aromatic nitrogens is 5. The van der Waals surface area contributed by atoms with Crippen LogP contribution in [0.25, 0.3) is 11.0 Å². The number of carbonyl (C=O) groups excluding carboxylic acids is 1. The molecule has 0 aromatic carbocycles. The molecule has 22 heavy (non-hydrogen) atoms. The van der Waals surface area contributed by atoms with E-state index in [1.54, 1.807) is 12.3 Å². The molecule has 0 saturated heterocycles. The summed E-state index contributed by atoms with van der Waals surface area (Å²) in [5.74, 6) is 0.452. The van der Waals surface area contributed by atoms with Crippen molar-refractivity contribution in [1.82, 2.24) is 24.7 Å². The van der Waals surface area contributed by atoms with Gasteiger partial charge in [0.2, 0.25) is 0 Å². The van der Waals surface area contributed by atoms with Crippen molar-refractivity contribution in [3.8, 4) is 0 Å². The average Bonchev–Trinajstić information content (AvgIpc) is 3.03. The molecule has 0 unspecified atom stereocenters. The van der Waals surface area contributed by atoms with Crippen molar-refractivity contribution in [2.24, 2.45) is 0 Å². The van der Waals surface area contributed by atoms with Crippen LogP contribution in [0.1, 0.15) is 35.9 Å². The third-order valence-corrected chi connectivity index (χ3v) is 3.39. The van der Waals surface area contributed by atoms with Crippen molar-refractivity contribution in [1.29, 1.82) is 0 Å². The number of aryl methyl sites for hydroxylation is 1. The molecule has 0 aliphatic rings. The highest BCUT2D eigenvalue weighted by Crippen LogP contribution is 2.27. The monoisotopic (exact) mass is 299 g/mol. The highest BCUT2D eigenvalue weighted by Gasteiger charge is 2.20. The summed E-state index contributed by atoms with van der Waals surface area (Å²) in [5, 5.41) is 10.1. The predicted octanol–water partition coefficient (Wildman–Crippen LogP) is 1.88. The number of carbonyl (C=O) groups is 1. The number of aromatic amines is 1. The minimum atomic E-state index is -0.294. The second kappa shape index (κ2) is 5.14. The van der Waals surface area contributed by atoms with E-state index >= 15 is 0 Å². The van der Waals surface area contributed by atoms with E-state index in [-0.39, 0.29) is 17.8 Å². The molecule has 1 amide bonds. The Labute approximate surface area is 126 Å². The number of H-pyrrole nitrogens is 1. The normalized spacial score (nSPS) is 11.3. The van der Waals surface area contributed by atoms with Crippen molar-refractivity contribution < 1.29 is 4.79 Å². The third-order valence-electron chi connectivity index (χ3n) is 3.39. The van der Waals surface area contributed by atoms with Gasteiger partial charge in [0.05, 0.1) is 10.9 Å². The fourth-order valence-corrected chi connectivity index (χ4v) is 2.34. The molecule has 0 atom stereocenters. The van der Waals surface area contributed by atoms with Crippen LogP contribution >= 0.6 is 0 Å². The first-order valence-electron chi connectivity index (χ1n) is 6.91. The lowest BCUT2D eigenvalue weighted by atomic mass is 10.2. The van der Waals surface area contributed by atoms with E-state index in [1.165, 1.54) is 6.33 Å². The predicted molar refractivity (Wildman–Crippen MR) is 83.6 cm³/mol. The molecule has 3 aromatic rings. The number of nitrogens with zero attached hydrogens (tertiary/aromatic N) is 4. The first kappa shape index (κ1) is 14.1. The summed E-state index contributed by atoms with van der Waals surface area (Å²) >= 11 is 0. The van der Waals surface area contributed by atoms with Crippen LogP contribution in [0.4, 0.5) is 11.6 Å². The van der Waals surface area contributed by atoms with Gasteiger partial charge in [-0.15, -0.1) is 0 Å². The maximum atomic E-state index is 12.5. The van der Waals surface area contributed by atoms with Crippen LogP contribution < -0.4 is 11.1 Å². The summed E-state index contributed by atoms with van der Waals surface area (Å²) in [6.07, 6.45) is 3.14. The maximum Gasteiger partial charge on any atom is 0.259 e. The van der Waals surface area contributed by atoms with Gasteiger partial charge in [0.15, 0.2) is 5.82 Å². The van der Waals surface area contributed by atoms with E-state index in [0.717, 1.165) is 5.69 Å². The van der Waals surface area contributed by atoms with Crippen LogP contribution in [0.15, 0.2) is 18.6 Å². The van der Waals surface area contributed by atoms with Crippen LogP contribution in [0.3, 0.4) is 0 Å². The van der Waals surface area contributed by atoms with E-state index in [1.807, 2.05) is 25.3 Å². The third kappa shape index (κ3) is 2.28. The zero-order valence-corrected chi connectivity index (χ0v) is 12.6. The highest BCUT2D eigenvalue weighted by molar-refractivity contribution is 6.14. The van der Waals surface area contributed by atoms with Gasteiger partial charge in [-0.25, -0.2) is 9.97 Å². The molecule has 0 aliphatic carbocycles. The van der Waals surface area contributed by atoms with Crippen LogP contribution in [0.5, 0.6) is 0 Å². The summed E-state index contributed by atoms with van der Waals surface area (Å²) in [4.78, 5) is 20.8. The Hall–Kier alpha value is -2.90. The molecule has 3 rings (SSSR count). The van der Waals surface area contributed by atoms with Crippen LogP contribution in [0.2, 0.25) is 0 Å². The second-order valence-electron chi connectivity index (χ2n) is 5.39. The molecule has 0 fully saturated rings. The Morgan fingerprint density at radius 3 is 2.82 bits per heavy atom. The van der Waals surface area contributed by atoms with Gasteiger partial charge in [0.1, 0.15) is 17.8 Å². The molecule has 3 aromatic heterocycles. The van der Waals surface area contributed by atoms with Crippen molar-refractivity contribution in [2.45, 2.75) is 26.8 Å². The van der Waals surface area contributed by atoms with Gasteiger partial charge in [-0.1, -0.05) is 0 Å². The number of nitrogens with two attached hydrogens (primary N) is 1. The number of hydrogen-bond acceptors (Lipinski definition) is 5. The van der Waals surface area contributed by atoms with Crippen LogP contribution in [0, 0.1) is 6.92 Å². The molecule has 4 N–H and O–H groups in total. The largest absolute Gasteiger partial charge is 0.383 e. The molecule has 0 radical (unpaired) electrons. The van der Waals surface area contributed by atoms with Crippen molar-refractivity contribution in [3.63, 3.8) is 0 Å². The standard InChI is InChI=1S/C14H17N7O/c1-7(2)21-5-9(11-12(15)16-6-17-13(11)21)14(22)18-10-4-8(3)19-20-10/h4-7H,1-3H3,(H2,15,16,17)(H2,18,19,20,22). The van der Waals surface area contributed by atoms with Gasteiger partial charge in [0, 0.05) is 24.0 Å². The number of nitrogens with one attached hydrogen (secondary N) is 2. The topological polar surface area (TPSA) is 115 Å². The number of fused-ring (bicyclic) bond motifs is 1. The van der Waals surface area contributed by atoms with Crippen LogP contribution in [-0.4, -0.2) is 30.6 Å². The van der Waals surface area contributed by atoms with E-state index in [0.29, 0.717) is 22.4 Å². The molecule has 0 aliphatic heterocycles. The van der Waals surface area contributed by atoms with Gasteiger partial charge < -0.3 is 15.6 Å². The first-order chi connectivity index (χ1) is 10.5. The molecular formula is C14H17N7O. The van der Waals surface area contributed by atoms with Crippen molar-refractivity contribution >= 4 is 28.6 Å². The Morgan fingerprint density at radius 2 is 2.18 bits per heavy atom. The number of nitrogen functional groups attached to an aromatic ring is 1. The Morgan fingerprint density at radius 1 is 1.41 bits per heavy atom. The van der Waals surface area contributed by atoms with Crippen molar-refractivity contribution in [3.05, 3.63) is 29.8 Å². The summed E-state index contributed by atoms with van der Waals surface area (Å²) in [5.41, 5.74) is 7.88. The summed E-state index contributed by atoms with van der Waals surface area (Å²) < 4.78 is 1.90. The van der Waals surface area contributed by atoms with Gasteiger partial charge >= 0.3 is 0 Å². The molecule has 0 saturated carbocycles. The maximum absolute atomic E-state index is 12.5. The highest BCUT2D eigenvalue weighted by atomic mass is 16.1. The number of rotatable bonds is 3. The minimum Gasteiger partial charge on any atom is -0.383 e. The average molecular weight is 299 g/mol. The Balaban J connectivity index is 2.08. The molecule has 0 bridgehead atoms. The van der Waals surface area contributed by atoms with E-state index < -0.39 is 0 Å². The summed E-state index contributed by atoms with van der Waals surface area (Å²) in [6, 6.07) is 1.89. The SMILES string of the molecule is Cc1cc(NC(=O)c2cn(C(C)C)c3ncnc(N)c23)n[nH]1. The van der Waals surface area contributed by atoms with E-state index in [2.05, 4.69) is 25.5 Å². The number of amides is 1. The van der Waals surface area contributed by atoms with Crippen molar-refractivity contribution in [2.75, 3.05) is 11.1 Å². The van der Waals surface area contributed by atoms with Crippen LogP contribution in [-0.2, 0) is 0 Å². The minimum absolute atomic E-state index is 0.144. The molecular weight excluding hydrogens is 282 g/mol. The fraction of sp³-hybridized carbons (Fsp3) is 0.286. The molecule has 3 heterocycles. The van der Waals surface area contributed by atoms with Gasteiger partial charge in [-0.3, -0.25) is 9.89 Å². The zero-order valence-electron chi connectivity index (χ0n) is 12.6. The Bertz CT molecular complexity index is 846. The van der Waals surface area contributed by atoms with Gasteiger partial charge in [0.25, 0.3) is 5.91 Å². The fourth-order valence-electron chi connectivity index (χ4n) is 2.34. The summed E-state index contributed by atoms with van der Waals surface area (Å²) in [7, 11) is 0. The smallest absolute Gasteiger partial charge is 0.259 e. The number of hydrogen-bond donors (Lipinski definition) is 3. The summed E-state index contributed by atoms with van der Waals surface area (Å²) in [6.45, 7) is 5.88. The molecule has 8 heteroatoms. The lowest BCUT2D eigenvalue weighted by Crippen LogP contribution is -2.12. The number of anilines is 2. The lowest BCUT2D eigenvalue weighted by molar-refractivity contribution is 0.102.